The van der Waals surface area contributed by atoms with Crippen LogP contribution in [0.4, 0.5) is 10.5 Å². The maximum atomic E-state index is 13.2. The van der Waals surface area contributed by atoms with Gasteiger partial charge < -0.3 is 19.9 Å². The van der Waals surface area contributed by atoms with Crippen molar-refractivity contribution < 1.29 is 9.53 Å². The molecule has 0 aliphatic rings. The second kappa shape index (κ2) is 10.3. The Balaban J connectivity index is 1.60. The molecule has 0 atom stereocenters. The van der Waals surface area contributed by atoms with E-state index in [0.29, 0.717) is 30.0 Å². The number of carbonyl (C=O) groups excluding carboxylic acids is 1. The summed E-state index contributed by atoms with van der Waals surface area (Å²) in [6.07, 6.45) is 0.681. The average molecular weight is 456 g/mol. The van der Waals surface area contributed by atoms with E-state index in [1.807, 2.05) is 62.4 Å². The average Bonchev–Trinajstić information content (AvgIpc) is 2.86. The van der Waals surface area contributed by atoms with Crippen molar-refractivity contribution in [1.82, 2.24) is 9.88 Å². The quantitative estimate of drug-likeness (QED) is 0.390. The van der Waals surface area contributed by atoms with Gasteiger partial charge in [0.15, 0.2) is 0 Å². The van der Waals surface area contributed by atoms with Crippen molar-refractivity contribution >= 4 is 22.6 Å². The van der Waals surface area contributed by atoms with Crippen LogP contribution in [0, 0.1) is 13.8 Å². The van der Waals surface area contributed by atoms with Gasteiger partial charge in [0, 0.05) is 17.8 Å². The normalized spacial score (nSPS) is 10.8. The fraction of sp³-hybridized carbons (Fsp3) is 0.214. The van der Waals surface area contributed by atoms with Gasteiger partial charge in [-0.3, -0.25) is 4.79 Å². The Kier molecular flexibility index (Phi) is 6.97. The molecule has 0 fully saturated rings. The van der Waals surface area contributed by atoms with Crippen LogP contribution in [0.2, 0.25) is 0 Å². The van der Waals surface area contributed by atoms with E-state index in [0.717, 1.165) is 27.6 Å². The Morgan fingerprint density at radius 2 is 1.74 bits per heavy atom. The van der Waals surface area contributed by atoms with Crippen LogP contribution in [-0.2, 0) is 13.0 Å². The number of aryl methyl sites for hydroxylation is 2. The molecule has 2 N–H and O–H groups in total. The number of amides is 2. The number of hydrogen-bond donors (Lipinski definition) is 2. The van der Waals surface area contributed by atoms with Crippen LogP contribution in [0.3, 0.4) is 0 Å². The molecule has 4 aromatic rings. The Hall–Kier alpha value is -4.06. The number of nitrogens with one attached hydrogen (secondary N) is 2. The van der Waals surface area contributed by atoms with Crippen LogP contribution >= 0.6 is 0 Å². The van der Waals surface area contributed by atoms with Gasteiger partial charge in [-0.2, -0.15) is 0 Å². The molecule has 34 heavy (non-hydrogen) atoms. The first-order chi connectivity index (χ1) is 16.4. The molecule has 0 saturated carbocycles. The molecule has 2 amide bonds. The molecule has 1 aromatic heterocycles. The van der Waals surface area contributed by atoms with Gasteiger partial charge in [-0.15, -0.1) is 0 Å². The molecule has 3 aromatic carbocycles. The van der Waals surface area contributed by atoms with Crippen molar-refractivity contribution in [2.45, 2.75) is 26.8 Å². The summed E-state index contributed by atoms with van der Waals surface area (Å²) in [6, 6.07) is 22.8. The molecule has 6 nitrogen and oxygen atoms in total. The molecular weight excluding hydrogens is 426 g/mol. The van der Waals surface area contributed by atoms with E-state index in [1.54, 1.807) is 36.3 Å². The van der Waals surface area contributed by atoms with Gasteiger partial charge in [0.25, 0.3) is 5.56 Å². The molecule has 0 spiro atoms. The third-order valence-corrected chi connectivity index (χ3v) is 6.13. The topological polar surface area (TPSA) is 74.4 Å². The first kappa shape index (κ1) is 23.1. The zero-order chi connectivity index (χ0) is 24.1. The number of anilines is 1. The number of benzene rings is 3. The Morgan fingerprint density at radius 1 is 1.00 bits per heavy atom. The number of urea groups is 1. The van der Waals surface area contributed by atoms with Crippen molar-refractivity contribution in [3.63, 3.8) is 0 Å². The van der Waals surface area contributed by atoms with Crippen molar-refractivity contribution in [1.29, 1.82) is 0 Å². The number of ether oxygens (including phenoxy) is 1. The van der Waals surface area contributed by atoms with Gasteiger partial charge in [0.1, 0.15) is 5.75 Å². The van der Waals surface area contributed by atoms with Crippen LogP contribution in [0.1, 0.15) is 22.3 Å². The van der Waals surface area contributed by atoms with Crippen LogP contribution in [0.5, 0.6) is 5.75 Å². The predicted molar refractivity (Wildman–Crippen MR) is 137 cm³/mol. The highest BCUT2D eigenvalue weighted by Crippen LogP contribution is 2.20. The molecule has 0 unspecified atom stereocenters. The fourth-order valence-electron chi connectivity index (χ4n) is 3.93. The van der Waals surface area contributed by atoms with E-state index in [9.17, 15) is 9.59 Å². The van der Waals surface area contributed by atoms with Gasteiger partial charge in [0.05, 0.1) is 19.2 Å². The van der Waals surface area contributed by atoms with E-state index in [1.165, 1.54) is 0 Å². The fourth-order valence-corrected chi connectivity index (χ4v) is 3.93. The highest BCUT2D eigenvalue weighted by molar-refractivity contribution is 5.89. The van der Waals surface area contributed by atoms with E-state index in [4.69, 9.17) is 4.74 Å². The zero-order valence-electron chi connectivity index (χ0n) is 19.7. The van der Waals surface area contributed by atoms with E-state index in [2.05, 4.69) is 10.3 Å². The first-order valence-corrected chi connectivity index (χ1v) is 11.3. The summed E-state index contributed by atoms with van der Waals surface area (Å²) < 4.78 is 5.19. The zero-order valence-corrected chi connectivity index (χ0v) is 19.7. The second-order valence-corrected chi connectivity index (χ2v) is 8.41. The lowest BCUT2D eigenvalue weighted by atomic mass is 10.0. The Labute approximate surface area is 199 Å². The molecule has 0 saturated heterocycles. The van der Waals surface area contributed by atoms with Gasteiger partial charge in [-0.05, 0) is 72.7 Å². The summed E-state index contributed by atoms with van der Waals surface area (Å²) in [5.41, 5.74) is 5.18. The third-order valence-electron chi connectivity index (χ3n) is 6.13. The number of pyridine rings is 1. The van der Waals surface area contributed by atoms with Crippen LogP contribution in [0.25, 0.3) is 10.9 Å². The van der Waals surface area contributed by atoms with E-state index < -0.39 is 0 Å². The molecule has 0 aliphatic carbocycles. The minimum Gasteiger partial charge on any atom is -0.497 e. The largest absolute Gasteiger partial charge is 0.497 e. The summed E-state index contributed by atoms with van der Waals surface area (Å²) in [4.78, 5) is 30.9. The third kappa shape index (κ3) is 5.29. The molecule has 0 aliphatic heterocycles. The molecule has 6 heteroatoms. The lowest BCUT2D eigenvalue weighted by Crippen LogP contribution is -2.37. The number of carbonyl (C=O) groups is 1. The highest BCUT2D eigenvalue weighted by atomic mass is 16.5. The number of rotatable bonds is 7. The molecule has 4 rings (SSSR count). The lowest BCUT2D eigenvalue weighted by molar-refractivity contribution is 0.209. The highest BCUT2D eigenvalue weighted by Gasteiger charge is 2.17. The molecule has 0 bridgehead atoms. The molecule has 174 valence electrons. The molecule has 1 heterocycles. The summed E-state index contributed by atoms with van der Waals surface area (Å²) >= 11 is 0. The summed E-state index contributed by atoms with van der Waals surface area (Å²) in [5, 5.41) is 3.90. The summed E-state index contributed by atoms with van der Waals surface area (Å²) in [5.74, 6) is 0.715. The van der Waals surface area contributed by atoms with Crippen LogP contribution in [-0.4, -0.2) is 29.6 Å². The first-order valence-electron chi connectivity index (χ1n) is 11.3. The van der Waals surface area contributed by atoms with Crippen molar-refractivity contribution in [3.05, 3.63) is 105 Å². The SMILES string of the molecule is COc1ccc(NC(=O)N(CCc2ccccc2)Cc2cc3ccc(C)c(C)c3[nH]c2=O)cc1. The number of aromatic amines is 1. The van der Waals surface area contributed by atoms with Gasteiger partial charge >= 0.3 is 6.03 Å². The van der Waals surface area contributed by atoms with Crippen LogP contribution < -0.4 is 15.6 Å². The van der Waals surface area contributed by atoms with Gasteiger partial charge in [-0.25, -0.2) is 4.79 Å². The predicted octanol–water partition coefficient (Wildman–Crippen LogP) is 5.43. The Morgan fingerprint density at radius 3 is 2.44 bits per heavy atom. The minimum absolute atomic E-state index is 0.178. The molecular formula is C28H29N3O3. The Bertz CT molecular complexity index is 1350. The monoisotopic (exact) mass is 455 g/mol. The minimum atomic E-state index is -0.263. The molecule has 0 radical (unpaired) electrons. The summed E-state index contributed by atoms with van der Waals surface area (Å²) in [6.45, 7) is 4.70. The maximum absolute atomic E-state index is 13.2. The van der Waals surface area contributed by atoms with Crippen molar-refractivity contribution in [2.24, 2.45) is 0 Å². The number of aromatic nitrogens is 1. The number of methoxy groups -OCH3 is 1. The number of nitrogens with zero attached hydrogens (tertiary/aromatic N) is 1. The number of fused-ring (bicyclic) bond motifs is 1. The van der Waals surface area contributed by atoms with Crippen LogP contribution in [0.15, 0.2) is 77.6 Å². The smallest absolute Gasteiger partial charge is 0.322 e. The van der Waals surface area contributed by atoms with Gasteiger partial charge in [-0.1, -0.05) is 42.5 Å². The van der Waals surface area contributed by atoms with E-state index in [-0.39, 0.29) is 18.1 Å². The van der Waals surface area contributed by atoms with Crippen molar-refractivity contribution in [3.8, 4) is 5.75 Å². The lowest BCUT2D eigenvalue weighted by Gasteiger charge is -2.23. The number of H-pyrrole nitrogens is 1. The standard InChI is InChI=1S/C28H29N3O3/c1-19-9-10-22-17-23(27(32)30-26(22)20(19)2)18-31(16-15-21-7-5-4-6-8-21)28(33)29-24-11-13-25(34-3)14-12-24/h4-14,17H,15-16,18H2,1-3H3,(H,29,33)(H,30,32). The summed E-state index contributed by atoms with van der Waals surface area (Å²) in [7, 11) is 1.60. The maximum Gasteiger partial charge on any atom is 0.322 e. The van der Waals surface area contributed by atoms with E-state index >= 15 is 0 Å². The van der Waals surface area contributed by atoms with Crippen molar-refractivity contribution in [2.75, 3.05) is 19.0 Å². The van der Waals surface area contributed by atoms with Gasteiger partial charge in [0.2, 0.25) is 0 Å². The second-order valence-electron chi connectivity index (χ2n) is 8.41. The number of hydrogen-bond acceptors (Lipinski definition) is 3.